The number of imidazole rings is 1. The predicted molar refractivity (Wildman–Crippen MR) is 67.4 cm³/mol. The molecule has 18 heavy (non-hydrogen) atoms. The van der Waals surface area contributed by atoms with Crippen molar-refractivity contribution in [2.24, 2.45) is 12.2 Å². The van der Waals surface area contributed by atoms with Crippen LogP contribution in [0, 0.1) is 6.92 Å². The zero-order chi connectivity index (χ0) is 13.0. The Morgan fingerprint density at radius 2 is 2.22 bits per heavy atom. The molecule has 1 heterocycles. The highest BCUT2D eigenvalue weighted by molar-refractivity contribution is 5.88. The van der Waals surface area contributed by atoms with E-state index in [-0.39, 0.29) is 0 Å². The number of hydrogen-bond donors (Lipinski definition) is 0. The molecule has 0 radical (unpaired) electrons. The van der Waals surface area contributed by atoms with Gasteiger partial charge in [0.15, 0.2) is 0 Å². The molecule has 2 rings (SSSR count). The topological polar surface area (TPSA) is 56.5 Å². The number of benzene rings is 1. The summed E-state index contributed by atoms with van der Waals surface area (Å²) in [7, 11) is 1.72. The number of hydrogen-bond acceptors (Lipinski definition) is 4. The third-order valence-electron chi connectivity index (χ3n) is 2.54. The second kappa shape index (κ2) is 5.27. The molecule has 0 atom stereocenters. The van der Waals surface area contributed by atoms with E-state index in [9.17, 15) is 4.79 Å². The number of aromatic nitrogens is 2. The van der Waals surface area contributed by atoms with Crippen molar-refractivity contribution >= 4 is 12.2 Å². The summed E-state index contributed by atoms with van der Waals surface area (Å²) < 4.78 is 1.58. The quantitative estimate of drug-likeness (QED) is 0.470. The van der Waals surface area contributed by atoms with E-state index in [1.165, 1.54) is 18.7 Å². The number of aryl methyl sites for hydroxylation is 2. The van der Waals surface area contributed by atoms with E-state index < -0.39 is 5.97 Å². The van der Waals surface area contributed by atoms with E-state index in [1.54, 1.807) is 11.6 Å². The van der Waals surface area contributed by atoms with Crippen LogP contribution in [0.15, 0.2) is 41.9 Å². The van der Waals surface area contributed by atoms with E-state index in [4.69, 9.17) is 4.84 Å². The molecule has 0 aliphatic heterocycles. The number of rotatable bonds is 3. The van der Waals surface area contributed by atoms with Crippen LogP contribution in [0.5, 0.6) is 0 Å². The zero-order valence-electron chi connectivity index (χ0n) is 10.2. The summed E-state index contributed by atoms with van der Waals surface area (Å²) in [4.78, 5) is 20.2. The van der Waals surface area contributed by atoms with Crippen molar-refractivity contribution in [3.8, 4) is 0 Å². The predicted octanol–water partition coefficient (Wildman–Crippen LogP) is 1.92. The molecule has 2 aromatic rings. The smallest absolute Gasteiger partial charge is 0.328 e. The second-order valence-electron chi connectivity index (χ2n) is 3.86. The fraction of sp³-hybridized carbons (Fsp3) is 0.154. The van der Waals surface area contributed by atoms with Crippen LogP contribution in [0.1, 0.15) is 21.6 Å². The van der Waals surface area contributed by atoms with Crippen molar-refractivity contribution in [1.29, 1.82) is 0 Å². The molecule has 0 fully saturated rings. The first-order valence-electron chi connectivity index (χ1n) is 5.45. The van der Waals surface area contributed by atoms with E-state index >= 15 is 0 Å². The van der Waals surface area contributed by atoms with E-state index in [1.807, 2.05) is 31.2 Å². The highest BCUT2D eigenvalue weighted by atomic mass is 16.7. The molecular formula is C13H13N3O2. The molecule has 0 bridgehead atoms. The number of nitrogens with zero attached hydrogens (tertiary/aromatic N) is 3. The highest BCUT2D eigenvalue weighted by Gasteiger charge is 2.10. The summed E-state index contributed by atoms with van der Waals surface area (Å²) in [5, 5.41) is 3.68. The SMILES string of the molecule is Cc1ccccc1C=NOC(=O)c1cncn1C. The Labute approximate surface area is 105 Å². The zero-order valence-corrected chi connectivity index (χ0v) is 10.2. The second-order valence-corrected chi connectivity index (χ2v) is 3.86. The molecule has 0 N–H and O–H groups in total. The summed E-state index contributed by atoms with van der Waals surface area (Å²) in [6.07, 6.45) is 4.48. The van der Waals surface area contributed by atoms with Crippen molar-refractivity contribution in [1.82, 2.24) is 9.55 Å². The first kappa shape index (κ1) is 12.0. The molecule has 1 aromatic heterocycles. The van der Waals surface area contributed by atoms with Gasteiger partial charge < -0.3 is 9.40 Å². The van der Waals surface area contributed by atoms with Crippen molar-refractivity contribution in [2.45, 2.75) is 6.92 Å². The standard InChI is InChI=1S/C13H13N3O2/c1-10-5-3-4-6-11(10)7-15-18-13(17)12-8-14-9-16(12)2/h3-9H,1-2H3. The summed E-state index contributed by atoms with van der Waals surface area (Å²) in [6, 6.07) is 7.70. The maximum absolute atomic E-state index is 11.6. The van der Waals surface area contributed by atoms with Crippen LogP contribution in [0.2, 0.25) is 0 Å². The van der Waals surface area contributed by atoms with Crippen molar-refractivity contribution in [3.63, 3.8) is 0 Å². The fourth-order valence-electron chi connectivity index (χ4n) is 1.46. The van der Waals surface area contributed by atoms with Crippen LogP contribution >= 0.6 is 0 Å². The van der Waals surface area contributed by atoms with Crippen LogP contribution in [0.25, 0.3) is 0 Å². The van der Waals surface area contributed by atoms with Gasteiger partial charge in [-0.05, 0) is 18.1 Å². The van der Waals surface area contributed by atoms with E-state index in [0.717, 1.165) is 11.1 Å². The molecule has 0 unspecified atom stereocenters. The van der Waals surface area contributed by atoms with Crippen LogP contribution in [0.4, 0.5) is 0 Å². The Balaban J connectivity index is 2.03. The first-order valence-corrected chi connectivity index (χ1v) is 5.45. The van der Waals surface area contributed by atoms with Crippen LogP contribution in [0.3, 0.4) is 0 Å². The number of carbonyl (C=O) groups is 1. The van der Waals surface area contributed by atoms with Crippen LogP contribution in [-0.4, -0.2) is 21.7 Å². The Bertz CT molecular complexity index is 587. The molecule has 1 aromatic carbocycles. The minimum absolute atomic E-state index is 0.358. The van der Waals surface area contributed by atoms with Gasteiger partial charge in [-0.15, -0.1) is 0 Å². The maximum Gasteiger partial charge on any atom is 0.383 e. The van der Waals surface area contributed by atoms with Crippen LogP contribution < -0.4 is 0 Å². The molecule has 0 amide bonds. The lowest BCUT2D eigenvalue weighted by molar-refractivity contribution is 0.0508. The molecule has 0 aliphatic rings. The van der Waals surface area contributed by atoms with Crippen molar-refractivity contribution in [3.05, 3.63) is 53.6 Å². The minimum Gasteiger partial charge on any atom is -0.328 e. The molecule has 0 spiro atoms. The lowest BCUT2D eigenvalue weighted by Crippen LogP contribution is -2.06. The number of oxime groups is 1. The van der Waals surface area contributed by atoms with Gasteiger partial charge >= 0.3 is 5.97 Å². The number of carbonyl (C=O) groups excluding carboxylic acids is 1. The molecule has 5 nitrogen and oxygen atoms in total. The molecular weight excluding hydrogens is 230 g/mol. The molecule has 0 aliphatic carbocycles. The normalized spacial score (nSPS) is 10.8. The van der Waals surface area contributed by atoms with E-state index in [2.05, 4.69) is 10.1 Å². The van der Waals surface area contributed by atoms with Gasteiger partial charge in [-0.1, -0.05) is 29.4 Å². The van der Waals surface area contributed by atoms with Gasteiger partial charge in [0.25, 0.3) is 0 Å². The summed E-state index contributed by atoms with van der Waals surface area (Å²) in [5.41, 5.74) is 2.34. The largest absolute Gasteiger partial charge is 0.383 e. The molecule has 5 heteroatoms. The van der Waals surface area contributed by atoms with Gasteiger partial charge in [0, 0.05) is 7.05 Å². The third-order valence-corrected chi connectivity index (χ3v) is 2.54. The van der Waals surface area contributed by atoms with Gasteiger partial charge in [-0.2, -0.15) is 0 Å². The summed E-state index contributed by atoms with van der Waals surface area (Å²) in [6.45, 7) is 1.96. The monoisotopic (exact) mass is 243 g/mol. The van der Waals surface area contributed by atoms with Gasteiger partial charge in [0.1, 0.15) is 5.69 Å². The molecule has 92 valence electrons. The average Bonchev–Trinajstić information content (AvgIpc) is 2.78. The molecule has 0 saturated carbocycles. The fourth-order valence-corrected chi connectivity index (χ4v) is 1.46. The van der Waals surface area contributed by atoms with Gasteiger partial charge in [-0.3, -0.25) is 0 Å². The Kier molecular flexibility index (Phi) is 3.52. The van der Waals surface area contributed by atoms with Crippen molar-refractivity contribution < 1.29 is 9.63 Å². The molecule has 0 saturated heterocycles. The van der Waals surface area contributed by atoms with Crippen molar-refractivity contribution in [2.75, 3.05) is 0 Å². The maximum atomic E-state index is 11.6. The lowest BCUT2D eigenvalue weighted by Gasteiger charge is -1.99. The minimum atomic E-state index is -0.528. The Morgan fingerprint density at radius 3 is 2.89 bits per heavy atom. The average molecular weight is 243 g/mol. The Morgan fingerprint density at radius 1 is 1.44 bits per heavy atom. The summed E-state index contributed by atoms with van der Waals surface area (Å²) in [5.74, 6) is -0.528. The van der Waals surface area contributed by atoms with Gasteiger partial charge in [0.05, 0.1) is 18.7 Å². The Hall–Kier alpha value is -2.43. The third kappa shape index (κ3) is 2.63. The summed E-state index contributed by atoms with van der Waals surface area (Å²) >= 11 is 0. The van der Waals surface area contributed by atoms with Gasteiger partial charge in [-0.25, -0.2) is 9.78 Å². The lowest BCUT2D eigenvalue weighted by atomic mass is 10.1. The van der Waals surface area contributed by atoms with E-state index in [0.29, 0.717) is 5.69 Å². The highest BCUT2D eigenvalue weighted by Crippen LogP contribution is 2.04. The van der Waals surface area contributed by atoms with Crippen LogP contribution in [-0.2, 0) is 11.9 Å². The van der Waals surface area contributed by atoms with Gasteiger partial charge in [0.2, 0.25) is 0 Å². The first-order chi connectivity index (χ1) is 8.68.